The minimum absolute atomic E-state index is 0.0106. The van der Waals surface area contributed by atoms with Crippen molar-refractivity contribution >= 4 is 9.84 Å². The summed E-state index contributed by atoms with van der Waals surface area (Å²) < 4.78 is 22.1. The van der Waals surface area contributed by atoms with E-state index in [-0.39, 0.29) is 12.3 Å². The lowest BCUT2D eigenvalue weighted by molar-refractivity contribution is 0.540. The number of hydrogen-bond acceptors (Lipinski definition) is 5. The molecule has 0 aliphatic carbocycles. The number of aromatic nitrogens is 4. The SMILES string of the molecule is Cc1ccc(-c2nnn(CCS(C)(=O)=O)n2)cc1. The van der Waals surface area contributed by atoms with Crippen LogP contribution in [-0.2, 0) is 16.4 Å². The fraction of sp³-hybridized carbons (Fsp3) is 0.364. The summed E-state index contributed by atoms with van der Waals surface area (Å²) in [6, 6.07) is 7.75. The van der Waals surface area contributed by atoms with Crippen LogP contribution in [0.15, 0.2) is 24.3 Å². The molecule has 18 heavy (non-hydrogen) atoms. The number of tetrazole rings is 1. The molecule has 0 bridgehead atoms. The molecule has 0 aliphatic rings. The predicted molar refractivity (Wildman–Crippen MR) is 67.7 cm³/mol. The largest absolute Gasteiger partial charge is 0.229 e. The standard InChI is InChI=1S/C11H14N4O2S/c1-9-3-5-10(6-4-9)11-12-14-15(13-11)7-8-18(2,16)17/h3-6H,7-8H2,1-2H3. The van der Waals surface area contributed by atoms with Gasteiger partial charge in [-0.2, -0.15) is 4.80 Å². The Balaban J connectivity index is 2.13. The van der Waals surface area contributed by atoms with Gasteiger partial charge in [-0.05, 0) is 12.1 Å². The maximum atomic E-state index is 11.0. The van der Waals surface area contributed by atoms with Crippen molar-refractivity contribution in [3.8, 4) is 11.4 Å². The van der Waals surface area contributed by atoms with Gasteiger partial charge in [-0.25, -0.2) is 8.42 Å². The maximum Gasteiger partial charge on any atom is 0.204 e. The van der Waals surface area contributed by atoms with Crippen LogP contribution in [0, 0.1) is 6.92 Å². The van der Waals surface area contributed by atoms with E-state index in [4.69, 9.17) is 0 Å². The zero-order valence-corrected chi connectivity index (χ0v) is 11.1. The number of rotatable bonds is 4. The molecule has 0 atom stereocenters. The Bertz CT molecular complexity index is 631. The number of benzene rings is 1. The average molecular weight is 266 g/mol. The summed E-state index contributed by atoms with van der Waals surface area (Å²) in [6.07, 6.45) is 1.19. The molecule has 0 aliphatic heterocycles. The topological polar surface area (TPSA) is 77.7 Å². The van der Waals surface area contributed by atoms with E-state index in [1.54, 1.807) is 0 Å². The van der Waals surface area contributed by atoms with Gasteiger partial charge in [0.05, 0.1) is 12.3 Å². The maximum absolute atomic E-state index is 11.0. The van der Waals surface area contributed by atoms with Crippen molar-refractivity contribution in [2.24, 2.45) is 0 Å². The quantitative estimate of drug-likeness (QED) is 0.813. The van der Waals surface area contributed by atoms with E-state index in [9.17, 15) is 8.42 Å². The highest BCUT2D eigenvalue weighted by atomic mass is 32.2. The molecule has 1 heterocycles. The van der Waals surface area contributed by atoms with Crippen LogP contribution >= 0.6 is 0 Å². The van der Waals surface area contributed by atoms with Gasteiger partial charge < -0.3 is 0 Å². The highest BCUT2D eigenvalue weighted by Crippen LogP contribution is 2.13. The first-order valence-corrected chi connectivity index (χ1v) is 7.53. The molecular weight excluding hydrogens is 252 g/mol. The molecule has 0 fully saturated rings. The summed E-state index contributed by atoms with van der Waals surface area (Å²) in [6.45, 7) is 2.22. The smallest absolute Gasteiger partial charge is 0.204 e. The minimum Gasteiger partial charge on any atom is -0.229 e. The summed E-state index contributed by atoms with van der Waals surface area (Å²) in [5.74, 6) is 0.514. The lowest BCUT2D eigenvalue weighted by Crippen LogP contribution is -2.13. The normalized spacial score (nSPS) is 11.7. The first-order valence-electron chi connectivity index (χ1n) is 5.47. The van der Waals surface area contributed by atoms with E-state index in [1.165, 1.54) is 11.1 Å². The molecule has 1 aromatic heterocycles. The lowest BCUT2D eigenvalue weighted by atomic mass is 10.1. The van der Waals surface area contributed by atoms with Gasteiger partial charge in [0.15, 0.2) is 0 Å². The van der Waals surface area contributed by atoms with Crippen molar-refractivity contribution in [3.05, 3.63) is 29.8 Å². The van der Waals surface area contributed by atoms with Gasteiger partial charge in [0.2, 0.25) is 5.82 Å². The van der Waals surface area contributed by atoms with Crippen LogP contribution in [0.2, 0.25) is 0 Å². The van der Waals surface area contributed by atoms with E-state index < -0.39 is 9.84 Å². The molecule has 0 amide bonds. The second-order valence-electron chi connectivity index (χ2n) is 4.20. The van der Waals surface area contributed by atoms with Crippen LogP contribution in [0.4, 0.5) is 0 Å². The third kappa shape index (κ3) is 3.36. The molecule has 7 heteroatoms. The Morgan fingerprint density at radius 3 is 2.50 bits per heavy atom. The summed E-state index contributed by atoms with van der Waals surface area (Å²) in [4.78, 5) is 1.30. The van der Waals surface area contributed by atoms with Crippen molar-refractivity contribution in [2.45, 2.75) is 13.5 Å². The molecule has 1 aromatic carbocycles. The summed E-state index contributed by atoms with van der Waals surface area (Å²) in [7, 11) is -3.01. The molecule has 0 spiro atoms. The zero-order chi connectivity index (χ0) is 13.2. The van der Waals surface area contributed by atoms with Gasteiger partial charge in [-0.3, -0.25) is 0 Å². The molecule has 2 aromatic rings. The minimum atomic E-state index is -3.01. The molecule has 2 rings (SSSR count). The molecule has 0 radical (unpaired) electrons. The van der Waals surface area contributed by atoms with Crippen LogP contribution in [0.1, 0.15) is 5.56 Å². The number of sulfone groups is 1. The monoisotopic (exact) mass is 266 g/mol. The number of nitrogens with zero attached hydrogens (tertiary/aromatic N) is 4. The fourth-order valence-corrected chi connectivity index (χ4v) is 1.90. The van der Waals surface area contributed by atoms with Crippen molar-refractivity contribution in [1.82, 2.24) is 20.2 Å². The van der Waals surface area contributed by atoms with E-state index in [2.05, 4.69) is 15.4 Å². The Labute approximate surface area is 106 Å². The Morgan fingerprint density at radius 1 is 1.22 bits per heavy atom. The Hall–Kier alpha value is -1.76. The number of hydrogen-bond donors (Lipinski definition) is 0. The van der Waals surface area contributed by atoms with E-state index in [1.807, 2.05) is 31.2 Å². The van der Waals surface area contributed by atoms with Crippen LogP contribution in [0.25, 0.3) is 11.4 Å². The number of aryl methyl sites for hydroxylation is 2. The second-order valence-corrected chi connectivity index (χ2v) is 6.46. The third-order valence-electron chi connectivity index (χ3n) is 2.42. The van der Waals surface area contributed by atoms with E-state index >= 15 is 0 Å². The van der Waals surface area contributed by atoms with Crippen LogP contribution in [0.5, 0.6) is 0 Å². The summed E-state index contributed by atoms with van der Waals surface area (Å²) >= 11 is 0. The van der Waals surface area contributed by atoms with E-state index in [0.29, 0.717) is 5.82 Å². The van der Waals surface area contributed by atoms with Crippen molar-refractivity contribution in [2.75, 3.05) is 12.0 Å². The van der Waals surface area contributed by atoms with Crippen molar-refractivity contribution in [3.63, 3.8) is 0 Å². The van der Waals surface area contributed by atoms with Gasteiger partial charge in [0.1, 0.15) is 9.84 Å². The van der Waals surface area contributed by atoms with Crippen LogP contribution in [0.3, 0.4) is 0 Å². The first kappa shape index (κ1) is 12.7. The Morgan fingerprint density at radius 2 is 1.89 bits per heavy atom. The second kappa shape index (κ2) is 4.85. The molecule has 6 nitrogen and oxygen atoms in total. The molecule has 0 unspecified atom stereocenters. The highest BCUT2D eigenvalue weighted by Gasteiger charge is 2.08. The van der Waals surface area contributed by atoms with Crippen molar-refractivity contribution < 1.29 is 8.42 Å². The van der Waals surface area contributed by atoms with Crippen molar-refractivity contribution in [1.29, 1.82) is 0 Å². The van der Waals surface area contributed by atoms with Gasteiger partial charge in [-0.1, -0.05) is 29.8 Å². The summed E-state index contributed by atoms with van der Waals surface area (Å²) in [5.41, 5.74) is 2.02. The summed E-state index contributed by atoms with van der Waals surface area (Å²) in [5, 5.41) is 11.9. The van der Waals surface area contributed by atoms with Gasteiger partial charge >= 0.3 is 0 Å². The van der Waals surface area contributed by atoms with Gasteiger partial charge in [0.25, 0.3) is 0 Å². The van der Waals surface area contributed by atoms with E-state index in [0.717, 1.165) is 11.1 Å². The lowest BCUT2D eigenvalue weighted by Gasteiger charge is -1.97. The van der Waals surface area contributed by atoms with Crippen LogP contribution in [-0.4, -0.2) is 40.6 Å². The average Bonchev–Trinajstić information content (AvgIpc) is 2.75. The third-order valence-corrected chi connectivity index (χ3v) is 3.35. The molecule has 0 saturated heterocycles. The Kier molecular flexibility index (Phi) is 3.42. The molecule has 96 valence electrons. The molecular formula is C11H14N4O2S. The van der Waals surface area contributed by atoms with Gasteiger partial charge in [0, 0.05) is 11.8 Å². The van der Waals surface area contributed by atoms with Crippen LogP contribution < -0.4 is 0 Å². The predicted octanol–water partition coefficient (Wildman–Crippen LogP) is 0.693. The molecule has 0 saturated carbocycles. The van der Waals surface area contributed by atoms with Gasteiger partial charge in [-0.15, -0.1) is 10.2 Å². The first-order chi connectivity index (χ1) is 8.44. The highest BCUT2D eigenvalue weighted by molar-refractivity contribution is 7.90. The zero-order valence-electron chi connectivity index (χ0n) is 10.2. The fourth-order valence-electron chi connectivity index (χ4n) is 1.40. The molecule has 0 N–H and O–H groups in total.